The van der Waals surface area contributed by atoms with E-state index in [1.807, 2.05) is 13.8 Å². The van der Waals surface area contributed by atoms with Crippen molar-refractivity contribution in [3.8, 4) is 11.1 Å². The number of allylic oxidation sites excluding steroid dienone is 1. The Bertz CT molecular complexity index is 1720. The van der Waals surface area contributed by atoms with Crippen LogP contribution < -0.4 is 0 Å². The smallest absolute Gasteiger partial charge is 0.416 e. The minimum absolute atomic E-state index is 0.0482. The van der Waals surface area contributed by atoms with Gasteiger partial charge < -0.3 is 9.47 Å². The van der Waals surface area contributed by atoms with Crippen molar-refractivity contribution in [3.05, 3.63) is 99.6 Å². The highest BCUT2D eigenvalue weighted by Crippen LogP contribution is 2.46. The number of alkyl halides is 6. The lowest BCUT2D eigenvalue weighted by Gasteiger charge is -2.35. The van der Waals surface area contributed by atoms with Crippen molar-refractivity contribution in [2.45, 2.75) is 71.5 Å². The van der Waals surface area contributed by atoms with Crippen molar-refractivity contribution < 1.29 is 45.4 Å². The van der Waals surface area contributed by atoms with Crippen LogP contribution in [0.1, 0.15) is 84.3 Å². The van der Waals surface area contributed by atoms with Crippen LogP contribution in [0.15, 0.2) is 66.2 Å². The number of esters is 1. The number of cyclic esters (lactones) is 1. The Morgan fingerprint density at radius 2 is 1.53 bits per heavy atom. The van der Waals surface area contributed by atoms with E-state index in [0.717, 1.165) is 29.8 Å². The molecule has 0 unspecified atom stereocenters. The fraction of sp³-hybridized carbons (Fsp3) is 0.389. The molecule has 1 fully saturated rings. The first-order valence-corrected chi connectivity index (χ1v) is 15.1. The first-order chi connectivity index (χ1) is 21.9. The van der Waals surface area contributed by atoms with Gasteiger partial charge in [-0.2, -0.15) is 26.3 Å². The highest BCUT2D eigenvalue weighted by molar-refractivity contribution is 5.90. The van der Waals surface area contributed by atoms with Gasteiger partial charge in [0.2, 0.25) is 0 Å². The van der Waals surface area contributed by atoms with E-state index in [9.17, 15) is 35.9 Å². The zero-order valence-corrected chi connectivity index (χ0v) is 26.6. The van der Waals surface area contributed by atoms with Crippen LogP contribution in [-0.4, -0.2) is 36.7 Å². The summed E-state index contributed by atoms with van der Waals surface area (Å²) in [6, 6.07) is 12.9. The predicted molar refractivity (Wildman–Crippen MR) is 164 cm³/mol. The van der Waals surface area contributed by atoms with E-state index in [1.54, 1.807) is 31.2 Å². The Kier molecular flexibility index (Phi) is 8.98. The van der Waals surface area contributed by atoms with E-state index >= 15 is 0 Å². The summed E-state index contributed by atoms with van der Waals surface area (Å²) < 4.78 is 93.7. The van der Waals surface area contributed by atoms with Crippen LogP contribution in [0.4, 0.5) is 31.1 Å². The molecule has 0 aromatic heterocycles. The van der Waals surface area contributed by atoms with E-state index in [-0.39, 0.29) is 23.1 Å². The molecule has 47 heavy (non-hydrogen) atoms. The molecule has 0 saturated carbocycles. The number of rotatable bonds is 6. The van der Waals surface area contributed by atoms with Gasteiger partial charge in [0.1, 0.15) is 6.10 Å². The maximum Gasteiger partial charge on any atom is 0.416 e. The van der Waals surface area contributed by atoms with E-state index in [2.05, 4.69) is 0 Å². The molecule has 1 saturated heterocycles. The third kappa shape index (κ3) is 7.34. The molecule has 5 rings (SSSR count). The highest BCUT2D eigenvalue weighted by Gasteiger charge is 2.42. The molecule has 2 atom stereocenters. The number of carbonyl (C=O) groups excluding carboxylic acids is 2. The Hall–Kier alpha value is -4.28. The number of nitrogens with zero attached hydrogens (tertiary/aromatic N) is 1. The summed E-state index contributed by atoms with van der Waals surface area (Å²) in [7, 11) is 1.24. The van der Waals surface area contributed by atoms with Gasteiger partial charge in [-0.15, -0.1) is 0 Å². The van der Waals surface area contributed by atoms with Crippen molar-refractivity contribution in [3.63, 3.8) is 0 Å². The molecule has 1 heterocycles. The maximum atomic E-state index is 14.2. The molecule has 11 heteroatoms. The zero-order valence-electron chi connectivity index (χ0n) is 26.6. The summed E-state index contributed by atoms with van der Waals surface area (Å²) in [4.78, 5) is 26.5. The summed E-state index contributed by atoms with van der Waals surface area (Å²) in [6.07, 6.45) is -9.25. The molecular formula is C36H35F6NO4. The van der Waals surface area contributed by atoms with Gasteiger partial charge >= 0.3 is 24.4 Å². The van der Waals surface area contributed by atoms with E-state index in [1.165, 1.54) is 31.1 Å². The molecule has 250 valence electrons. The number of hydrogen-bond donors (Lipinski definition) is 0. The van der Waals surface area contributed by atoms with Gasteiger partial charge in [-0.05, 0) is 114 Å². The van der Waals surface area contributed by atoms with Crippen LogP contribution in [0, 0.1) is 12.3 Å². The molecule has 0 spiro atoms. The Labute approximate surface area is 269 Å². The summed E-state index contributed by atoms with van der Waals surface area (Å²) in [5.41, 5.74) is 1.54. The van der Waals surface area contributed by atoms with Crippen LogP contribution in [0.5, 0.6) is 0 Å². The van der Waals surface area contributed by atoms with Crippen molar-refractivity contribution in [2.75, 3.05) is 13.7 Å². The first kappa shape index (κ1) is 34.1. The van der Waals surface area contributed by atoms with Gasteiger partial charge in [0.25, 0.3) is 0 Å². The average Bonchev–Trinajstić information content (AvgIpc) is 3.27. The quantitative estimate of drug-likeness (QED) is 0.195. The zero-order chi connectivity index (χ0) is 34.5. The molecule has 0 bridgehead atoms. The van der Waals surface area contributed by atoms with Gasteiger partial charge in [0.05, 0.1) is 29.8 Å². The molecule has 2 aliphatic rings. The minimum Gasteiger partial charge on any atom is -0.465 e. The molecule has 0 radical (unpaired) electrons. The van der Waals surface area contributed by atoms with Crippen LogP contribution in [0.2, 0.25) is 0 Å². The lowest BCUT2D eigenvalue weighted by molar-refractivity contribution is -0.138. The minimum atomic E-state index is -4.64. The topological polar surface area (TPSA) is 55.8 Å². The number of ether oxygens (including phenoxy) is 2. The first-order valence-electron chi connectivity index (χ1n) is 15.1. The van der Waals surface area contributed by atoms with E-state index in [4.69, 9.17) is 9.47 Å². The lowest BCUT2D eigenvalue weighted by Crippen LogP contribution is -2.35. The summed E-state index contributed by atoms with van der Waals surface area (Å²) in [5.74, 6) is -0.569. The standard InChI is InChI=1S/C36H35F6NO4/c1-20-12-26(17-28(13-20)35(37,38)39)31-21(2)43(33(45)47-31)19-27-18-34(3,4)11-10-30(27)25-14-24(15-29(16-25)36(40,41)42)22-6-8-23(9-7-22)32(44)46-5/h6-9,12-17,21,31H,10-11,18-19H2,1-5H3/t21-,31-/m0/s1. The molecular weight excluding hydrogens is 624 g/mol. The van der Waals surface area contributed by atoms with Crippen molar-refractivity contribution in [1.82, 2.24) is 4.90 Å². The molecule has 0 N–H and O–H groups in total. The molecule has 1 aliphatic heterocycles. The molecule has 3 aromatic carbocycles. The fourth-order valence-corrected chi connectivity index (χ4v) is 6.47. The highest BCUT2D eigenvalue weighted by atomic mass is 19.4. The van der Waals surface area contributed by atoms with Crippen molar-refractivity contribution >= 4 is 17.6 Å². The van der Waals surface area contributed by atoms with Gasteiger partial charge in [0.15, 0.2) is 0 Å². The second-order valence-electron chi connectivity index (χ2n) is 13.1. The summed E-state index contributed by atoms with van der Waals surface area (Å²) >= 11 is 0. The summed E-state index contributed by atoms with van der Waals surface area (Å²) in [6.45, 7) is 7.37. The number of halogens is 6. The van der Waals surface area contributed by atoms with Crippen molar-refractivity contribution in [2.24, 2.45) is 5.41 Å². The third-order valence-corrected chi connectivity index (χ3v) is 8.93. The molecule has 1 amide bonds. The van der Waals surface area contributed by atoms with Gasteiger partial charge in [-0.3, -0.25) is 4.90 Å². The maximum absolute atomic E-state index is 14.2. The largest absolute Gasteiger partial charge is 0.465 e. The second-order valence-corrected chi connectivity index (χ2v) is 13.1. The molecule has 5 nitrogen and oxygen atoms in total. The normalized spacial score (nSPS) is 20.0. The molecule has 3 aromatic rings. The Balaban J connectivity index is 1.55. The second kappa shape index (κ2) is 12.4. The number of aryl methyl sites for hydroxylation is 1. The SMILES string of the molecule is COC(=O)c1ccc(-c2cc(C3=C(CN4C(=O)O[C@H](c5cc(C)cc(C(F)(F)F)c5)[C@@H]4C)CC(C)(C)CC3)cc(C(F)(F)F)c2)cc1. The number of benzene rings is 3. The number of amides is 1. The Morgan fingerprint density at radius 1 is 0.915 bits per heavy atom. The third-order valence-electron chi connectivity index (χ3n) is 8.93. The van der Waals surface area contributed by atoms with Gasteiger partial charge in [-0.1, -0.05) is 37.6 Å². The lowest BCUT2D eigenvalue weighted by atomic mass is 9.72. The monoisotopic (exact) mass is 659 g/mol. The molecule has 1 aliphatic carbocycles. The van der Waals surface area contributed by atoms with Gasteiger partial charge in [0, 0.05) is 6.54 Å². The fourth-order valence-electron chi connectivity index (χ4n) is 6.47. The predicted octanol–water partition coefficient (Wildman–Crippen LogP) is 10.0. The number of carbonyl (C=O) groups is 2. The van der Waals surface area contributed by atoms with Gasteiger partial charge in [-0.25, -0.2) is 9.59 Å². The number of hydrogen-bond acceptors (Lipinski definition) is 4. The van der Waals surface area contributed by atoms with E-state index in [0.29, 0.717) is 47.1 Å². The average molecular weight is 660 g/mol. The van der Waals surface area contributed by atoms with Crippen LogP contribution in [0.25, 0.3) is 16.7 Å². The summed E-state index contributed by atoms with van der Waals surface area (Å²) in [5, 5.41) is 0. The van der Waals surface area contributed by atoms with Crippen LogP contribution in [-0.2, 0) is 21.8 Å². The van der Waals surface area contributed by atoms with Crippen LogP contribution in [0.3, 0.4) is 0 Å². The van der Waals surface area contributed by atoms with Crippen molar-refractivity contribution in [1.29, 1.82) is 0 Å². The van der Waals surface area contributed by atoms with E-state index < -0.39 is 47.7 Å². The van der Waals surface area contributed by atoms with Crippen LogP contribution >= 0.6 is 0 Å². The number of methoxy groups -OCH3 is 1. The Morgan fingerprint density at radius 3 is 2.15 bits per heavy atom.